The largest absolute Gasteiger partial charge is 0.496 e. The van der Waals surface area contributed by atoms with Gasteiger partial charge in [-0.3, -0.25) is 4.98 Å². The number of halogens is 1. The lowest BCUT2D eigenvalue weighted by Crippen LogP contribution is -1.95. The number of nitrogens with zero attached hydrogens (tertiary/aromatic N) is 1. The molecule has 0 spiro atoms. The molecule has 0 unspecified atom stereocenters. The average molecular weight is 205 g/mol. The minimum Gasteiger partial charge on any atom is -0.496 e. The van der Waals surface area contributed by atoms with Gasteiger partial charge in [-0.2, -0.15) is 0 Å². The Labute approximate surface area is 87.7 Å². The molecule has 2 aromatic rings. The van der Waals surface area contributed by atoms with E-state index in [0.717, 1.165) is 11.1 Å². The fourth-order valence-electron chi connectivity index (χ4n) is 1.73. The number of hydrogen-bond donors (Lipinski definition) is 0. The number of rotatable bonds is 1. The van der Waals surface area contributed by atoms with Gasteiger partial charge in [-0.15, -0.1) is 0 Å². The molecule has 1 heterocycles. The third-order valence-corrected chi connectivity index (χ3v) is 2.51. The summed E-state index contributed by atoms with van der Waals surface area (Å²) in [4.78, 5) is 4.23. The first-order valence-corrected chi connectivity index (χ1v) is 4.73. The predicted octanol–water partition coefficient (Wildman–Crippen LogP) is 3.00. The van der Waals surface area contributed by atoms with Gasteiger partial charge in [0.15, 0.2) is 0 Å². The van der Waals surface area contributed by atoms with Crippen LogP contribution >= 0.6 is 0 Å². The maximum absolute atomic E-state index is 13.7. The molecule has 0 aliphatic heterocycles. The van der Waals surface area contributed by atoms with E-state index in [9.17, 15) is 4.39 Å². The minimum atomic E-state index is -0.288. The van der Waals surface area contributed by atoms with Crippen LogP contribution in [0.3, 0.4) is 0 Å². The number of methoxy groups -OCH3 is 1. The van der Waals surface area contributed by atoms with Gasteiger partial charge in [0.1, 0.15) is 11.6 Å². The summed E-state index contributed by atoms with van der Waals surface area (Å²) in [6.45, 7) is 3.76. The van der Waals surface area contributed by atoms with E-state index in [1.807, 2.05) is 13.8 Å². The zero-order valence-electron chi connectivity index (χ0n) is 8.97. The lowest BCUT2D eigenvalue weighted by Gasteiger charge is -2.10. The summed E-state index contributed by atoms with van der Waals surface area (Å²) in [6, 6.07) is 3.17. The Morgan fingerprint density at radius 3 is 2.60 bits per heavy atom. The van der Waals surface area contributed by atoms with Gasteiger partial charge < -0.3 is 4.74 Å². The van der Waals surface area contributed by atoms with E-state index in [2.05, 4.69) is 4.98 Å². The monoisotopic (exact) mass is 205 g/mol. The first-order valence-electron chi connectivity index (χ1n) is 4.73. The van der Waals surface area contributed by atoms with Crippen molar-refractivity contribution in [3.05, 3.63) is 35.3 Å². The lowest BCUT2D eigenvalue weighted by molar-refractivity contribution is 0.414. The number of fused-ring (bicyclic) bond motifs is 1. The number of pyridine rings is 1. The molecule has 78 valence electrons. The normalized spacial score (nSPS) is 10.7. The molecule has 1 aromatic heterocycles. The number of ether oxygens (including phenoxy) is 1. The van der Waals surface area contributed by atoms with E-state index in [4.69, 9.17) is 4.74 Å². The summed E-state index contributed by atoms with van der Waals surface area (Å²) >= 11 is 0. The molecule has 0 fully saturated rings. The van der Waals surface area contributed by atoms with Gasteiger partial charge >= 0.3 is 0 Å². The highest BCUT2D eigenvalue weighted by molar-refractivity contribution is 5.89. The van der Waals surface area contributed by atoms with Gasteiger partial charge in [0, 0.05) is 11.8 Å². The van der Waals surface area contributed by atoms with Crippen molar-refractivity contribution in [3.8, 4) is 5.75 Å². The zero-order chi connectivity index (χ0) is 11.0. The lowest BCUT2D eigenvalue weighted by atomic mass is 10.1. The highest BCUT2D eigenvalue weighted by Crippen LogP contribution is 2.31. The van der Waals surface area contributed by atoms with Crippen LogP contribution in [0.15, 0.2) is 18.3 Å². The predicted molar refractivity (Wildman–Crippen MR) is 57.7 cm³/mol. The molecule has 0 N–H and O–H groups in total. The van der Waals surface area contributed by atoms with Crippen molar-refractivity contribution in [2.24, 2.45) is 0 Å². The van der Waals surface area contributed by atoms with Gasteiger partial charge in [0.05, 0.1) is 18.0 Å². The molecule has 1 aromatic carbocycles. The Morgan fingerprint density at radius 2 is 1.93 bits per heavy atom. The minimum absolute atomic E-state index is 0.288. The van der Waals surface area contributed by atoms with Crippen molar-refractivity contribution < 1.29 is 9.13 Å². The highest BCUT2D eigenvalue weighted by atomic mass is 19.1. The van der Waals surface area contributed by atoms with Gasteiger partial charge in [0.2, 0.25) is 0 Å². The van der Waals surface area contributed by atoms with Crippen LogP contribution in [-0.4, -0.2) is 12.1 Å². The molecule has 0 saturated carbocycles. The van der Waals surface area contributed by atoms with Crippen LogP contribution in [0.4, 0.5) is 4.39 Å². The Hall–Kier alpha value is -1.64. The van der Waals surface area contributed by atoms with Crippen molar-refractivity contribution in [2.45, 2.75) is 13.8 Å². The van der Waals surface area contributed by atoms with Crippen LogP contribution in [0.1, 0.15) is 11.1 Å². The Bertz CT molecular complexity index is 523. The summed E-state index contributed by atoms with van der Waals surface area (Å²) in [5.41, 5.74) is 2.46. The highest BCUT2D eigenvalue weighted by Gasteiger charge is 2.12. The van der Waals surface area contributed by atoms with Crippen LogP contribution in [0.2, 0.25) is 0 Å². The second-order valence-corrected chi connectivity index (χ2v) is 3.56. The molecule has 2 nitrogen and oxygen atoms in total. The van der Waals surface area contributed by atoms with Crippen molar-refractivity contribution in [2.75, 3.05) is 7.11 Å². The fourth-order valence-corrected chi connectivity index (χ4v) is 1.73. The molecule has 0 radical (unpaired) electrons. The molecule has 0 saturated heterocycles. The second-order valence-electron chi connectivity index (χ2n) is 3.56. The third kappa shape index (κ3) is 1.44. The third-order valence-electron chi connectivity index (χ3n) is 2.51. The van der Waals surface area contributed by atoms with Crippen molar-refractivity contribution in [1.82, 2.24) is 4.98 Å². The summed E-state index contributed by atoms with van der Waals surface area (Å²) in [5, 5.41) is 0.470. The van der Waals surface area contributed by atoms with Gasteiger partial charge in [0.25, 0.3) is 0 Å². The number of aryl methyl sites for hydroxylation is 2. The molecule has 15 heavy (non-hydrogen) atoms. The average Bonchev–Trinajstić information content (AvgIpc) is 2.23. The fraction of sp³-hybridized carbons (Fsp3) is 0.250. The Morgan fingerprint density at radius 1 is 1.20 bits per heavy atom. The van der Waals surface area contributed by atoms with Crippen LogP contribution in [0, 0.1) is 19.7 Å². The number of hydrogen-bond acceptors (Lipinski definition) is 2. The van der Waals surface area contributed by atoms with Crippen LogP contribution < -0.4 is 4.74 Å². The van der Waals surface area contributed by atoms with Crippen molar-refractivity contribution >= 4 is 10.9 Å². The Balaban J connectivity index is 2.96. The molecular weight excluding hydrogens is 193 g/mol. The van der Waals surface area contributed by atoms with Crippen molar-refractivity contribution in [1.29, 1.82) is 0 Å². The van der Waals surface area contributed by atoms with E-state index in [1.165, 1.54) is 6.07 Å². The molecule has 0 aliphatic carbocycles. The summed E-state index contributed by atoms with van der Waals surface area (Å²) in [5.74, 6) is 0.282. The maximum atomic E-state index is 13.7. The van der Waals surface area contributed by atoms with Gasteiger partial charge in [-0.25, -0.2) is 4.39 Å². The van der Waals surface area contributed by atoms with Gasteiger partial charge in [-0.1, -0.05) is 6.07 Å². The topological polar surface area (TPSA) is 22.1 Å². The van der Waals surface area contributed by atoms with Crippen LogP contribution in [0.5, 0.6) is 5.75 Å². The molecule has 0 aliphatic rings. The van der Waals surface area contributed by atoms with Crippen molar-refractivity contribution in [3.63, 3.8) is 0 Å². The molecule has 3 heteroatoms. The second kappa shape index (κ2) is 3.50. The van der Waals surface area contributed by atoms with E-state index in [0.29, 0.717) is 16.7 Å². The van der Waals surface area contributed by atoms with Crippen LogP contribution in [-0.2, 0) is 0 Å². The quantitative estimate of drug-likeness (QED) is 0.714. The molecule has 0 atom stereocenters. The smallest absolute Gasteiger partial charge is 0.136 e. The molecule has 0 bridgehead atoms. The summed E-state index contributed by atoms with van der Waals surface area (Å²) < 4.78 is 18.9. The first kappa shape index (κ1) is 9.90. The SMILES string of the molecule is COc1c(C)cnc2c(C)ccc(F)c12. The number of benzene rings is 1. The van der Waals surface area contributed by atoms with E-state index in [1.54, 1.807) is 19.4 Å². The van der Waals surface area contributed by atoms with Gasteiger partial charge in [-0.05, 0) is 25.5 Å². The van der Waals surface area contributed by atoms with E-state index in [-0.39, 0.29) is 5.82 Å². The molecule has 0 amide bonds. The molecule has 2 rings (SSSR count). The maximum Gasteiger partial charge on any atom is 0.136 e. The zero-order valence-corrected chi connectivity index (χ0v) is 8.97. The summed E-state index contributed by atoms with van der Waals surface area (Å²) in [6.07, 6.45) is 1.70. The number of aromatic nitrogens is 1. The van der Waals surface area contributed by atoms with E-state index < -0.39 is 0 Å². The standard InChI is InChI=1S/C12H12FNO/c1-7-4-5-9(13)10-11(7)14-6-8(2)12(10)15-3/h4-6H,1-3H3. The molecular formula is C12H12FNO. The summed E-state index contributed by atoms with van der Waals surface area (Å²) in [7, 11) is 1.55. The van der Waals surface area contributed by atoms with E-state index >= 15 is 0 Å². The van der Waals surface area contributed by atoms with Crippen LogP contribution in [0.25, 0.3) is 10.9 Å². The Kier molecular flexibility index (Phi) is 2.31. The first-order chi connectivity index (χ1) is 7.15.